The lowest BCUT2D eigenvalue weighted by Crippen LogP contribution is -2.02. The summed E-state index contributed by atoms with van der Waals surface area (Å²) in [7, 11) is 1.24. The molecule has 0 aliphatic carbocycles. The summed E-state index contributed by atoms with van der Waals surface area (Å²) >= 11 is 1.10. The lowest BCUT2D eigenvalue weighted by atomic mass is 10.1. The minimum atomic E-state index is -0.645. The van der Waals surface area contributed by atoms with E-state index in [9.17, 15) is 4.79 Å². The number of rotatable bonds is 3. The first kappa shape index (κ1) is 12.3. The first-order chi connectivity index (χ1) is 7.71. The van der Waals surface area contributed by atoms with E-state index < -0.39 is 5.97 Å². The van der Waals surface area contributed by atoms with Crippen LogP contribution in [-0.2, 0) is 9.53 Å². The van der Waals surface area contributed by atoms with Crippen molar-refractivity contribution >= 4 is 24.0 Å². The normalized spacial score (nSPS) is 10.7. The van der Waals surface area contributed by atoms with Crippen LogP contribution in [-0.4, -0.2) is 13.1 Å². The maximum atomic E-state index is 11.2. The molecule has 0 atom stereocenters. The van der Waals surface area contributed by atoms with Gasteiger partial charge in [-0.2, -0.15) is 5.26 Å². The highest BCUT2D eigenvalue weighted by atomic mass is 32.2. The molecule has 82 valence electrons. The first-order valence-electron chi connectivity index (χ1n) is 4.38. The number of nitrogens with zero attached hydrogens (tertiary/aromatic N) is 1. The third kappa shape index (κ3) is 3.12. The van der Waals surface area contributed by atoms with Crippen LogP contribution >= 0.6 is 11.9 Å². The summed E-state index contributed by atoms with van der Waals surface area (Å²) in [4.78, 5) is 12.0. The molecule has 0 aliphatic rings. The van der Waals surface area contributed by atoms with Crippen LogP contribution < -0.4 is 5.14 Å². The van der Waals surface area contributed by atoms with Crippen molar-refractivity contribution in [1.29, 1.82) is 5.26 Å². The molecule has 0 unspecified atom stereocenters. The number of ether oxygens (including phenoxy) is 1. The average Bonchev–Trinajstić information content (AvgIpc) is 2.35. The Balaban J connectivity index is 3.05. The third-order valence-corrected chi connectivity index (χ3v) is 2.36. The topological polar surface area (TPSA) is 76.1 Å². The van der Waals surface area contributed by atoms with Gasteiger partial charge in [-0.05, 0) is 35.7 Å². The molecule has 1 aromatic carbocycles. The van der Waals surface area contributed by atoms with Gasteiger partial charge in [0, 0.05) is 4.90 Å². The van der Waals surface area contributed by atoms with Gasteiger partial charge in [0.05, 0.1) is 7.11 Å². The van der Waals surface area contributed by atoms with Crippen LogP contribution in [0.2, 0.25) is 0 Å². The average molecular weight is 234 g/mol. The van der Waals surface area contributed by atoms with Crippen LogP contribution in [0, 0.1) is 11.3 Å². The molecule has 0 amide bonds. The molecule has 0 aromatic heterocycles. The fourth-order valence-corrected chi connectivity index (χ4v) is 1.45. The lowest BCUT2D eigenvalue weighted by Gasteiger charge is -1.99. The number of carbonyl (C=O) groups is 1. The van der Waals surface area contributed by atoms with E-state index in [-0.39, 0.29) is 5.57 Å². The van der Waals surface area contributed by atoms with Gasteiger partial charge in [-0.1, -0.05) is 12.1 Å². The van der Waals surface area contributed by atoms with Gasteiger partial charge in [-0.15, -0.1) is 0 Å². The van der Waals surface area contributed by atoms with Crippen LogP contribution in [0.5, 0.6) is 0 Å². The van der Waals surface area contributed by atoms with Crippen LogP contribution in [0.1, 0.15) is 5.56 Å². The highest BCUT2D eigenvalue weighted by Gasteiger charge is 2.08. The molecule has 1 rings (SSSR count). The first-order valence-corrected chi connectivity index (χ1v) is 5.26. The molecule has 16 heavy (non-hydrogen) atoms. The van der Waals surface area contributed by atoms with Crippen molar-refractivity contribution < 1.29 is 9.53 Å². The van der Waals surface area contributed by atoms with Crippen LogP contribution in [0.4, 0.5) is 0 Å². The zero-order chi connectivity index (χ0) is 12.0. The predicted molar refractivity (Wildman–Crippen MR) is 62.1 cm³/mol. The van der Waals surface area contributed by atoms with Gasteiger partial charge in [-0.3, -0.25) is 5.14 Å². The van der Waals surface area contributed by atoms with E-state index in [2.05, 4.69) is 4.74 Å². The molecule has 0 heterocycles. The Kier molecular flexibility index (Phi) is 4.58. The molecule has 0 saturated carbocycles. The second-order valence-corrected chi connectivity index (χ2v) is 3.56. The number of esters is 1. The summed E-state index contributed by atoms with van der Waals surface area (Å²) in [6.07, 6.45) is 1.46. The molecule has 0 fully saturated rings. The van der Waals surface area contributed by atoms with Crippen LogP contribution in [0.25, 0.3) is 6.08 Å². The second kappa shape index (κ2) is 5.95. The Hall–Kier alpha value is -1.77. The highest BCUT2D eigenvalue weighted by molar-refractivity contribution is 7.97. The predicted octanol–water partition coefficient (Wildman–Crippen LogP) is 1.73. The molecule has 0 saturated heterocycles. The van der Waals surface area contributed by atoms with E-state index in [0.29, 0.717) is 0 Å². The van der Waals surface area contributed by atoms with Crippen molar-refractivity contribution in [2.45, 2.75) is 4.90 Å². The number of benzene rings is 1. The van der Waals surface area contributed by atoms with Crippen molar-refractivity contribution in [1.82, 2.24) is 0 Å². The standard InChI is InChI=1S/C11H10N2O2S/c1-15-11(14)9(7-12)5-8-3-2-4-10(6-8)16-13/h2-6H,13H2,1H3/b9-5+. The molecule has 5 heteroatoms. The van der Waals surface area contributed by atoms with E-state index in [4.69, 9.17) is 10.4 Å². The molecule has 4 nitrogen and oxygen atoms in total. The Morgan fingerprint density at radius 1 is 1.62 bits per heavy atom. The fraction of sp³-hybridized carbons (Fsp3) is 0.0909. The summed E-state index contributed by atoms with van der Waals surface area (Å²) in [5.41, 5.74) is 0.694. The minimum Gasteiger partial charge on any atom is -0.465 e. The number of nitrogens with two attached hydrogens (primary N) is 1. The number of hydrogen-bond acceptors (Lipinski definition) is 5. The second-order valence-electron chi connectivity index (χ2n) is 2.85. The Morgan fingerprint density at radius 2 is 2.38 bits per heavy atom. The van der Waals surface area contributed by atoms with Gasteiger partial charge in [-0.25, -0.2) is 4.79 Å². The quantitative estimate of drug-likeness (QED) is 0.373. The molecule has 2 N–H and O–H groups in total. The molecule has 0 spiro atoms. The molecule has 0 radical (unpaired) electrons. The highest BCUT2D eigenvalue weighted by Crippen LogP contribution is 2.16. The maximum absolute atomic E-state index is 11.2. The largest absolute Gasteiger partial charge is 0.465 e. The van der Waals surface area contributed by atoms with Gasteiger partial charge in [0.2, 0.25) is 0 Å². The zero-order valence-corrected chi connectivity index (χ0v) is 9.45. The van der Waals surface area contributed by atoms with Crippen molar-refractivity contribution in [3.05, 3.63) is 35.4 Å². The van der Waals surface area contributed by atoms with Gasteiger partial charge in [0.25, 0.3) is 0 Å². The molecule has 0 bridgehead atoms. The van der Waals surface area contributed by atoms with Gasteiger partial charge >= 0.3 is 5.97 Å². The summed E-state index contributed by atoms with van der Waals surface area (Å²) in [6, 6.07) is 8.99. The molecular formula is C11H10N2O2S. The fourth-order valence-electron chi connectivity index (χ4n) is 1.09. The van der Waals surface area contributed by atoms with E-state index >= 15 is 0 Å². The SMILES string of the molecule is COC(=O)/C(C#N)=C/c1cccc(SN)c1. The van der Waals surface area contributed by atoms with Gasteiger partial charge in [0.15, 0.2) is 0 Å². The van der Waals surface area contributed by atoms with Crippen molar-refractivity contribution in [3.63, 3.8) is 0 Å². The smallest absolute Gasteiger partial charge is 0.348 e. The van der Waals surface area contributed by atoms with Crippen molar-refractivity contribution in [3.8, 4) is 6.07 Å². The van der Waals surface area contributed by atoms with Crippen LogP contribution in [0.15, 0.2) is 34.7 Å². The summed E-state index contributed by atoms with van der Waals surface area (Å²) in [5, 5.41) is 14.2. The van der Waals surface area contributed by atoms with Gasteiger partial charge < -0.3 is 4.74 Å². The molecule has 0 aliphatic heterocycles. The lowest BCUT2D eigenvalue weighted by molar-refractivity contribution is -0.135. The number of nitriles is 1. The Labute approximate surface area is 97.8 Å². The van der Waals surface area contributed by atoms with Crippen LogP contribution in [0.3, 0.4) is 0 Å². The Morgan fingerprint density at radius 3 is 2.94 bits per heavy atom. The molecular weight excluding hydrogens is 224 g/mol. The summed E-state index contributed by atoms with van der Waals surface area (Å²) in [6.45, 7) is 0. The third-order valence-electron chi connectivity index (χ3n) is 1.83. The summed E-state index contributed by atoms with van der Waals surface area (Å²) < 4.78 is 4.47. The Bertz CT molecular complexity index is 463. The van der Waals surface area contributed by atoms with E-state index in [1.54, 1.807) is 24.3 Å². The van der Waals surface area contributed by atoms with Gasteiger partial charge in [0.1, 0.15) is 11.6 Å². The van der Waals surface area contributed by atoms with E-state index in [0.717, 1.165) is 22.4 Å². The number of carbonyl (C=O) groups excluding carboxylic acids is 1. The number of hydrogen-bond donors (Lipinski definition) is 1. The monoisotopic (exact) mass is 234 g/mol. The molecule has 1 aromatic rings. The summed E-state index contributed by atoms with van der Waals surface area (Å²) in [5.74, 6) is -0.645. The minimum absolute atomic E-state index is 0.0401. The van der Waals surface area contributed by atoms with Crippen molar-refractivity contribution in [2.24, 2.45) is 5.14 Å². The van der Waals surface area contributed by atoms with Crippen molar-refractivity contribution in [2.75, 3.05) is 7.11 Å². The zero-order valence-electron chi connectivity index (χ0n) is 8.64. The van der Waals surface area contributed by atoms with E-state index in [1.807, 2.05) is 6.07 Å². The van der Waals surface area contributed by atoms with E-state index in [1.165, 1.54) is 13.2 Å². The number of methoxy groups -OCH3 is 1. The maximum Gasteiger partial charge on any atom is 0.348 e.